The lowest BCUT2D eigenvalue weighted by molar-refractivity contribution is 0.494. The monoisotopic (exact) mass is 272 g/mol. The molecule has 2 heterocycles. The number of aromatic nitrogens is 1. The van der Waals surface area contributed by atoms with Gasteiger partial charge in [-0.1, -0.05) is 13.8 Å². The summed E-state index contributed by atoms with van der Waals surface area (Å²) in [6.45, 7) is 6.18. The smallest absolute Gasteiger partial charge is 0.166 e. The average molecular weight is 273 g/mol. The molecule has 0 bridgehead atoms. The van der Waals surface area contributed by atoms with E-state index in [9.17, 15) is 4.39 Å². The highest BCUT2D eigenvalue weighted by Crippen LogP contribution is 2.28. The minimum atomic E-state index is -0.245. The summed E-state index contributed by atoms with van der Waals surface area (Å²) in [7, 11) is 0. The Balaban J connectivity index is 2.24. The van der Waals surface area contributed by atoms with E-state index in [1.54, 1.807) is 6.20 Å². The maximum Gasteiger partial charge on any atom is 0.166 e. The number of halogens is 2. The number of hydrogen-bond donors (Lipinski definition) is 0. The molecule has 1 aromatic heterocycles. The summed E-state index contributed by atoms with van der Waals surface area (Å²) in [6.07, 6.45) is 1.64. The van der Waals surface area contributed by atoms with Gasteiger partial charge in [-0.05, 0) is 33.8 Å². The number of hydrogen-bond acceptors (Lipinski definition) is 2. The summed E-state index contributed by atoms with van der Waals surface area (Å²) >= 11 is 3.21. The fraction of sp³-hybridized carbons (Fsp3) is 0.545. The van der Waals surface area contributed by atoms with Crippen molar-refractivity contribution in [2.45, 2.75) is 13.8 Å². The third kappa shape index (κ3) is 2.14. The van der Waals surface area contributed by atoms with E-state index in [0.29, 0.717) is 22.1 Å². The minimum Gasteiger partial charge on any atom is -0.354 e. The van der Waals surface area contributed by atoms with Crippen molar-refractivity contribution in [1.29, 1.82) is 0 Å². The normalized spacial score (nSPS) is 26.0. The zero-order valence-corrected chi connectivity index (χ0v) is 10.5. The first-order valence-corrected chi connectivity index (χ1v) is 5.93. The first kappa shape index (κ1) is 10.9. The summed E-state index contributed by atoms with van der Waals surface area (Å²) < 4.78 is 14.3. The third-order valence-electron chi connectivity index (χ3n) is 3.08. The van der Waals surface area contributed by atoms with Crippen LogP contribution in [0.25, 0.3) is 0 Å². The molecule has 1 aromatic rings. The molecule has 1 aliphatic heterocycles. The Hall–Kier alpha value is -0.640. The molecule has 0 saturated carbocycles. The van der Waals surface area contributed by atoms with Gasteiger partial charge in [-0.15, -0.1) is 0 Å². The lowest BCUT2D eigenvalue weighted by atomic mass is 10.0. The average Bonchev–Trinajstić information content (AvgIpc) is 2.46. The van der Waals surface area contributed by atoms with Crippen molar-refractivity contribution >= 4 is 21.7 Å². The zero-order chi connectivity index (χ0) is 11.0. The van der Waals surface area contributed by atoms with E-state index >= 15 is 0 Å². The number of pyridine rings is 1. The van der Waals surface area contributed by atoms with Gasteiger partial charge < -0.3 is 4.90 Å². The van der Waals surface area contributed by atoms with E-state index in [0.717, 1.165) is 13.1 Å². The van der Waals surface area contributed by atoms with Gasteiger partial charge in [0.15, 0.2) is 11.6 Å². The van der Waals surface area contributed by atoms with Crippen molar-refractivity contribution in [2.75, 3.05) is 18.0 Å². The van der Waals surface area contributed by atoms with E-state index in [-0.39, 0.29) is 5.82 Å². The molecular formula is C11H14BrFN2. The lowest BCUT2D eigenvalue weighted by Crippen LogP contribution is -2.22. The fourth-order valence-electron chi connectivity index (χ4n) is 1.94. The minimum absolute atomic E-state index is 0.245. The maximum atomic E-state index is 13.6. The molecule has 0 N–H and O–H groups in total. The van der Waals surface area contributed by atoms with Crippen LogP contribution in [-0.4, -0.2) is 18.1 Å². The number of rotatable bonds is 1. The van der Waals surface area contributed by atoms with Gasteiger partial charge in [0.1, 0.15) is 0 Å². The molecule has 2 atom stereocenters. The van der Waals surface area contributed by atoms with E-state index in [1.807, 2.05) is 4.90 Å². The van der Waals surface area contributed by atoms with Gasteiger partial charge >= 0.3 is 0 Å². The SMILES string of the molecule is CC1CN(c2ncc(Br)cc2F)CC1C. The van der Waals surface area contributed by atoms with Crippen molar-refractivity contribution in [3.05, 3.63) is 22.6 Å². The van der Waals surface area contributed by atoms with Crippen LogP contribution in [0.3, 0.4) is 0 Å². The van der Waals surface area contributed by atoms with Crippen molar-refractivity contribution in [1.82, 2.24) is 4.98 Å². The molecule has 1 aliphatic rings. The molecule has 82 valence electrons. The summed E-state index contributed by atoms with van der Waals surface area (Å²) in [6, 6.07) is 1.47. The van der Waals surface area contributed by atoms with Crippen molar-refractivity contribution < 1.29 is 4.39 Å². The van der Waals surface area contributed by atoms with Gasteiger partial charge in [-0.25, -0.2) is 9.37 Å². The maximum absolute atomic E-state index is 13.6. The van der Waals surface area contributed by atoms with Gasteiger partial charge in [0.2, 0.25) is 0 Å². The van der Waals surface area contributed by atoms with Gasteiger partial charge in [0, 0.05) is 23.8 Å². The van der Waals surface area contributed by atoms with Crippen LogP contribution in [0.15, 0.2) is 16.7 Å². The zero-order valence-electron chi connectivity index (χ0n) is 8.87. The predicted octanol–water partition coefficient (Wildman–Crippen LogP) is 3.08. The largest absolute Gasteiger partial charge is 0.354 e. The molecule has 0 spiro atoms. The van der Waals surface area contributed by atoms with Crippen molar-refractivity contribution in [3.8, 4) is 0 Å². The molecule has 4 heteroatoms. The summed E-state index contributed by atoms with van der Waals surface area (Å²) in [4.78, 5) is 6.16. The van der Waals surface area contributed by atoms with Crippen LogP contribution >= 0.6 is 15.9 Å². The summed E-state index contributed by atoms with van der Waals surface area (Å²) in [5.74, 6) is 1.45. The Kier molecular flexibility index (Phi) is 2.96. The molecule has 1 fully saturated rings. The first-order valence-electron chi connectivity index (χ1n) is 5.14. The molecule has 2 unspecified atom stereocenters. The second-order valence-electron chi connectivity index (χ2n) is 4.32. The second-order valence-corrected chi connectivity index (χ2v) is 5.23. The molecule has 0 amide bonds. The topological polar surface area (TPSA) is 16.1 Å². The van der Waals surface area contributed by atoms with Crippen LogP contribution in [0.1, 0.15) is 13.8 Å². The van der Waals surface area contributed by atoms with Gasteiger partial charge in [0.25, 0.3) is 0 Å². The highest BCUT2D eigenvalue weighted by molar-refractivity contribution is 9.10. The van der Waals surface area contributed by atoms with E-state index in [2.05, 4.69) is 34.8 Å². The van der Waals surface area contributed by atoms with Crippen LogP contribution in [0.5, 0.6) is 0 Å². The van der Waals surface area contributed by atoms with Crippen LogP contribution in [0, 0.1) is 17.7 Å². The molecule has 0 aliphatic carbocycles. The third-order valence-corrected chi connectivity index (χ3v) is 3.51. The Labute approximate surface area is 97.6 Å². The highest BCUT2D eigenvalue weighted by Gasteiger charge is 2.28. The molecule has 15 heavy (non-hydrogen) atoms. The van der Waals surface area contributed by atoms with E-state index in [1.165, 1.54) is 6.07 Å². The first-order chi connectivity index (χ1) is 7.08. The van der Waals surface area contributed by atoms with Crippen molar-refractivity contribution in [3.63, 3.8) is 0 Å². The molecule has 2 rings (SSSR count). The number of anilines is 1. The quantitative estimate of drug-likeness (QED) is 0.781. The van der Waals surface area contributed by atoms with Crippen molar-refractivity contribution in [2.24, 2.45) is 11.8 Å². The second kappa shape index (κ2) is 4.08. The standard InChI is InChI=1S/C11H14BrFN2/c1-7-5-15(6-8(7)2)11-10(13)3-9(12)4-14-11/h3-4,7-8H,5-6H2,1-2H3. The predicted molar refractivity (Wildman–Crippen MR) is 62.4 cm³/mol. The van der Waals surface area contributed by atoms with Crippen LogP contribution < -0.4 is 4.90 Å². The van der Waals surface area contributed by atoms with Gasteiger partial charge in [0.05, 0.1) is 0 Å². The molecule has 1 saturated heterocycles. The Morgan fingerprint density at radius 3 is 2.53 bits per heavy atom. The Morgan fingerprint density at radius 2 is 2.00 bits per heavy atom. The molecule has 2 nitrogen and oxygen atoms in total. The fourth-order valence-corrected chi connectivity index (χ4v) is 2.25. The van der Waals surface area contributed by atoms with Crippen LogP contribution in [0.2, 0.25) is 0 Å². The van der Waals surface area contributed by atoms with E-state index in [4.69, 9.17) is 0 Å². The van der Waals surface area contributed by atoms with E-state index < -0.39 is 0 Å². The highest BCUT2D eigenvalue weighted by atomic mass is 79.9. The number of nitrogens with zero attached hydrogens (tertiary/aromatic N) is 2. The van der Waals surface area contributed by atoms with Crippen LogP contribution in [0.4, 0.5) is 10.2 Å². The summed E-state index contributed by atoms with van der Waals surface area (Å²) in [5.41, 5.74) is 0. The van der Waals surface area contributed by atoms with Crippen LogP contribution in [-0.2, 0) is 0 Å². The van der Waals surface area contributed by atoms with Gasteiger partial charge in [-0.3, -0.25) is 0 Å². The Morgan fingerprint density at radius 1 is 1.40 bits per heavy atom. The van der Waals surface area contributed by atoms with Gasteiger partial charge in [-0.2, -0.15) is 0 Å². The molecule has 0 radical (unpaired) electrons. The molecule has 0 aromatic carbocycles. The summed E-state index contributed by atoms with van der Waals surface area (Å²) in [5, 5.41) is 0. The Bertz CT molecular complexity index is 360. The lowest BCUT2D eigenvalue weighted by Gasteiger charge is -2.17. The molecular weight excluding hydrogens is 259 g/mol.